The normalized spacial score (nSPS) is 14.7. The van der Waals surface area contributed by atoms with Crippen LogP contribution in [0.3, 0.4) is 0 Å². The third-order valence-electron chi connectivity index (χ3n) is 4.29. The molecule has 1 aromatic carbocycles. The highest BCUT2D eigenvalue weighted by Gasteiger charge is 2.21. The van der Waals surface area contributed by atoms with E-state index in [1.165, 1.54) is 11.3 Å². The maximum atomic E-state index is 5.44. The molecule has 0 spiro atoms. The minimum absolute atomic E-state index is 0.831. The summed E-state index contributed by atoms with van der Waals surface area (Å²) >= 11 is 0. The minimum Gasteiger partial charge on any atom is -0.497 e. The lowest BCUT2D eigenvalue weighted by molar-refractivity contribution is 0.194. The number of ether oxygens (including phenoxy) is 1. The third kappa shape index (κ3) is 2.75. The van der Waals surface area contributed by atoms with Crippen molar-refractivity contribution in [2.24, 2.45) is 0 Å². The van der Waals surface area contributed by atoms with Crippen LogP contribution >= 0.6 is 0 Å². The van der Waals surface area contributed by atoms with Crippen LogP contribution in [0.5, 0.6) is 5.75 Å². The second kappa shape index (κ2) is 5.93. The lowest BCUT2D eigenvalue weighted by atomic mass is 10.1. The van der Waals surface area contributed by atoms with Crippen LogP contribution in [-0.2, 0) is 19.6 Å². The Kier molecular flexibility index (Phi) is 3.63. The Morgan fingerprint density at radius 1 is 1.17 bits per heavy atom. The van der Waals surface area contributed by atoms with Gasteiger partial charge in [0.1, 0.15) is 17.3 Å². The molecule has 3 aromatic rings. The lowest BCUT2D eigenvalue weighted by Gasteiger charge is -2.27. The van der Waals surface area contributed by atoms with Gasteiger partial charge >= 0.3 is 0 Å². The SMILES string of the molecule is COc1ccc(-c2cnc3n2CCN(Cc2ccco2)C3)cc1. The van der Waals surface area contributed by atoms with Crippen LogP contribution in [0.4, 0.5) is 0 Å². The monoisotopic (exact) mass is 309 g/mol. The number of methoxy groups -OCH3 is 1. The van der Waals surface area contributed by atoms with E-state index in [4.69, 9.17) is 9.15 Å². The fourth-order valence-corrected chi connectivity index (χ4v) is 3.06. The van der Waals surface area contributed by atoms with E-state index in [2.05, 4.69) is 26.6 Å². The van der Waals surface area contributed by atoms with Gasteiger partial charge in [-0.05, 0) is 36.4 Å². The predicted octanol–water partition coefficient (Wildman–Crippen LogP) is 3.17. The van der Waals surface area contributed by atoms with E-state index in [0.29, 0.717) is 0 Å². The number of rotatable bonds is 4. The Balaban J connectivity index is 1.54. The van der Waals surface area contributed by atoms with Gasteiger partial charge in [-0.2, -0.15) is 0 Å². The average molecular weight is 309 g/mol. The van der Waals surface area contributed by atoms with Gasteiger partial charge in [-0.15, -0.1) is 0 Å². The zero-order chi connectivity index (χ0) is 15.6. The van der Waals surface area contributed by atoms with E-state index in [1.54, 1.807) is 13.4 Å². The van der Waals surface area contributed by atoms with E-state index in [0.717, 1.165) is 43.5 Å². The number of benzene rings is 1. The van der Waals surface area contributed by atoms with Gasteiger partial charge in [0.15, 0.2) is 0 Å². The van der Waals surface area contributed by atoms with Crippen molar-refractivity contribution < 1.29 is 9.15 Å². The molecule has 0 radical (unpaired) electrons. The third-order valence-corrected chi connectivity index (χ3v) is 4.29. The number of imidazole rings is 1. The smallest absolute Gasteiger partial charge is 0.123 e. The van der Waals surface area contributed by atoms with Gasteiger partial charge in [0, 0.05) is 18.7 Å². The molecule has 23 heavy (non-hydrogen) atoms. The molecule has 0 saturated heterocycles. The summed E-state index contributed by atoms with van der Waals surface area (Å²) < 4.78 is 13.0. The molecule has 3 heterocycles. The van der Waals surface area contributed by atoms with Crippen LogP contribution in [0.2, 0.25) is 0 Å². The molecule has 5 heteroatoms. The quantitative estimate of drug-likeness (QED) is 0.742. The van der Waals surface area contributed by atoms with Crippen molar-refractivity contribution in [2.75, 3.05) is 13.7 Å². The zero-order valence-corrected chi connectivity index (χ0v) is 13.1. The van der Waals surface area contributed by atoms with Crippen molar-refractivity contribution in [3.05, 3.63) is 60.4 Å². The molecular formula is C18H19N3O2. The number of aromatic nitrogens is 2. The molecular weight excluding hydrogens is 290 g/mol. The van der Waals surface area contributed by atoms with Crippen LogP contribution < -0.4 is 4.74 Å². The van der Waals surface area contributed by atoms with Gasteiger partial charge in [-0.1, -0.05) is 0 Å². The Morgan fingerprint density at radius 2 is 2.04 bits per heavy atom. The Hall–Kier alpha value is -2.53. The van der Waals surface area contributed by atoms with Crippen molar-refractivity contribution in [1.29, 1.82) is 0 Å². The second-order valence-electron chi connectivity index (χ2n) is 5.73. The molecule has 0 unspecified atom stereocenters. The van der Waals surface area contributed by atoms with E-state index in [9.17, 15) is 0 Å². The molecule has 0 N–H and O–H groups in total. The van der Waals surface area contributed by atoms with Crippen molar-refractivity contribution >= 4 is 0 Å². The molecule has 1 aliphatic heterocycles. The fraction of sp³-hybridized carbons (Fsp3) is 0.278. The largest absolute Gasteiger partial charge is 0.497 e. The molecule has 0 fully saturated rings. The Labute approximate surface area is 135 Å². The molecule has 4 rings (SSSR count). The van der Waals surface area contributed by atoms with Crippen LogP contribution in [0.25, 0.3) is 11.3 Å². The summed E-state index contributed by atoms with van der Waals surface area (Å²) in [7, 11) is 1.68. The average Bonchev–Trinajstić information content (AvgIpc) is 3.24. The summed E-state index contributed by atoms with van der Waals surface area (Å²) in [5.41, 5.74) is 2.34. The lowest BCUT2D eigenvalue weighted by Crippen LogP contribution is -2.33. The van der Waals surface area contributed by atoms with Gasteiger partial charge in [0.05, 0.1) is 38.4 Å². The van der Waals surface area contributed by atoms with Crippen molar-refractivity contribution in [3.8, 4) is 17.0 Å². The molecule has 0 bridgehead atoms. The summed E-state index contributed by atoms with van der Waals surface area (Å²) in [5, 5.41) is 0. The van der Waals surface area contributed by atoms with Gasteiger partial charge in [0.2, 0.25) is 0 Å². The summed E-state index contributed by atoms with van der Waals surface area (Å²) in [5.74, 6) is 2.98. The first kappa shape index (κ1) is 14.1. The summed E-state index contributed by atoms with van der Waals surface area (Å²) in [6.45, 7) is 3.61. The highest BCUT2D eigenvalue weighted by Crippen LogP contribution is 2.26. The molecule has 118 valence electrons. The second-order valence-corrected chi connectivity index (χ2v) is 5.73. The van der Waals surface area contributed by atoms with Crippen molar-refractivity contribution in [1.82, 2.24) is 14.5 Å². The van der Waals surface area contributed by atoms with E-state index >= 15 is 0 Å². The molecule has 0 saturated carbocycles. The first-order valence-corrected chi connectivity index (χ1v) is 7.77. The van der Waals surface area contributed by atoms with Crippen molar-refractivity contribution in [3.63, 3.8) is 0 Å². The van der Waals surface area contributed by atoms with Crippen molar-refractivity contribution in [2.45, 2.75) is 19.6 Å². The summed E-state index contributed by atoms with van der Waals surface area (Å²) in [6.07, 6.45) is 3.69. The molecule has 0 amide bonds. The number of furan rings is 1. The minimum atomic E-state index is 0.831. The van der Waals surface area contributed by atoms with E-state index in [1.807, 2.05) is 30.5 Å². The molecule has 0 atom stereocenters. The summed E-state index contributed by atoms with van der Waals surface area (Å²) in [6, 6.07) is 12.1. The summed E-state index contributed by atoms with van der Waals surface area (Å²) in [4.78, 5) is 6.97. The molecule has 0 aliphatic carbocycles. The predicted molar refractivity (Wildman–Crippen MR) is 87.0 cm³/mol. The van der Waals surface area contributed by atoms with Crippen LogP contribution in [0.1, 0.15) is 11.6 Å². The molecule has 2 aromatic heterocycles. The van der Waals surface area contributed by atoms with E-state index in [-0.39, 0.29) is 0 Å². The van der Waals surface area contributed by atoms with Crippen LogP contribution in [-0.4, -0.2) is 28.1 Å². The van der Waals surface area contributed by atoms with Gasteiger partial charge < -0.3 is 13.7 Å². The number of fused-ring (bicyclic) bond motifs is 1. The van der Waals surface area contributed by atoms with Crippen LogP contribution in [0.15, 0.2) is 53.3 Å². The van der Waals surface area contributed by atoms with Gasteiger partial charge in [-0.3, -0.25) is 4.90 Å². The van der Waals surface area contributed by atoms with E-state index < -0.39 is 0 Å². The standard InChI is InChI=1S/C18H19N3O2/c1-22-15-6-4-14(5-7-15)17-11-19-18-13-20(8-9-21(17)18)12-16-3-2-10-23-16/h2-7,10-11H,8-9,12-13H2,1H3. The maximum Gasteiger partial charge on any atom is 0.123 e. The molecule has 5 nitrogen and oxygen atoms in total. The zero-order valence-electron chi connectivity index (χ0n) is 13.1. The first-order chi connectivity index (χ1) is 11.3. The highest BCUT2D eigenvalue weighted by atomic mass is 16.5. The fourth-order valence-electron chi connectivity index (χ4n) is 3.06. The maximum absolute atomic E-state index is 5.44. The van der Waals surface area contributed by atoms with Gasteiger partial charge in [0.25, 0.3) is 0 Å². The topological polar surface area (TPSA) is 43.4 Å². The Morgan fingerprint density at radius 3 is 2.78 bits per heavy atom. The first-order valence-electron chi connectivity index (χ1n) is 7.77. The Bertz CT molecular complexity index is 775. The number of hydrogen-bond acceptors (Lipinski definition) is 4. The number of hydrogen-bond donors (Lipinski definition) is 0. The molecule has 1 aliphatic rings. The van der Waals surface area contributed by atoms with Gasteiger partial charge in [-0.25, -0.2) is 4.98 Å². The number of nitrogens with zero attached hydrogens (tertiary/aromatic N) is 3. The highest BCUT2D eigenvalue weighted by molar-refractivity contribution is 5.60. The van der Waals surface area contributed by atoms with Crippen LogP contribution in [0, 0.1) is 0 Å².